The number of carbonyl (C=O) groups is 2. The minimum atomic E-state index is -1.50. The summed E-state index contributed by atoms with van der Waals surface area (Å²) >= 11 is 0. The molecule has 0 aliphatic carbocycles. The first-order valence-electron chi connectivity index (χ1n) is 5.48. The Morgan fingerprint density at radius 2 is 1.69 bits per heavy atom. The molecule has 0 aromatic carbocycles. The molecule has 0 aliphatic heterocycles. The van der Waals surface area contributed by atoms with Crippen molar-refractivity contribution in [2.45, 2.75) is 45.4 Å². The van der Waals surface area contributed by atoms with Crippen molar-refractivity contribution in [3.05, 3.63) is 0 Å². The number of carbonyl (C=O) groups excluding carboxylic acids is 1. The Morgan fingerprint density at radius 1 is 1.06 bits per heavy atom. The molecule has 0 radical (unpaired) electrons. The molecule has 92 valence electrons. The van der Waals surface area contributed by atoms with Crippen molar-refractivity contribution in [3.8, 4) is 0 Å². The molecule has 0 aromatic heterocycles. The van der Waals surface area contributed by atoms with Gasteiger partial charge < -0.3 is 9.84 Å². The van der Waals surface area contributed by atoms with Crippen molar-refractivity contribution in [2.24, 2.45) is 10.2 Å². The number of nitrogens with zero attached hydrogens (tertiary/aromatic N) is 2. The molecule has 0 bridgehead atoms. The minimum Gasteiger partial charge on any atom is -0.462 e. The number of carboxylic acid groups (broad SMARTS) is 1. The number of rotatable bonds is 7. The molecule has 0 saturated carbocycles. The highest BCUT2D eigenvalue weighted by atomic mass is 16.5. The third-order valence-corrected chi connectivity index (χ3v) is 1.94. The second-order valence-corrected chi connectivity index (χ2v) is 3.36. The summed E-state index contributed by atoms with van der Waals surface area (Å²) in [6.07, 6.45) is 4.08. The Morgan fingerprint density at radius 3 is 2.31 bits per heavy atom. The van der Waals surface area contributed by atoms with Crippen LogP contribution in [0.4, 0.5) is 9.59 Å². The summed E-state index contributed by atoms with van der Waals surface area (Å²) in [7, 11) is 0. The van der Waals surface area contributed by atoms with Crippen molar-refractivity contribution in [2.75, 3.05) is 6.61 Å². The topological polar surface area (TPSA) is 88.3 Å². The number of hydrogen-bond donors (Lipinski definition) is 1. The Balaban J connectivity index is 3.31. The monoisotopic (exact) mass is 230 g/mol. The van der Waals surface area contributed by atoms with E-state index in [0.29, 0.717) is 0 Å². The maximum Gasteiger partial charge on any atom is 0.452 e. The molecule has 0 aliphatic rings. The van der Waals surface area contributed by atoms with Crippen LogP contribution in [0.2, 0.25) is 0 Å². The van der Waals surface area contributed by atoms with Gasteiger partial charge in [0.05, 0.1) is 6.61 Å². The van der Waals surface area contributed by atoms with E-state index in [4.69, 9.17) is 5.11 Å². The molecule has 0 aromatic rings. The maximum absolute atomic E-state index is 10.7. The van der Waals surface area contributed by atoms with Crippen molar-refractivity contribution in [1.82, 2.24) is 0 Å². The molecule has 2 amide bonds. The van der Waals surface area contributed by atoms with E-state index in [1.165, 1.54) is 19.3 Å². The second kappa shape index (κ2) is 10.1. The number of hydrogen-bond acceptors (Lipinski definition) is 3. The smallest absolute Gasteiger partial charge is 0.452 e. The van der Waals surface area contributed by atoms with Crippen molar-refractivity contribution >= 4 is 12.2 Å². The van der Waals surface area contributed by atoms with Crippen LogP contribution in [0, 0.1) is 0 Å². The fraction of sp³-hybridized carbons (Fsp3) is 0.800. The lowest BCUT2D eigenvalue weighted by atomic mass is 10.1. The molecule has 0 unspecified atom stereocenters. The Bertz CT molecular complexity index is 241. The largest absolute Gasteiger partial charge is 0.462 e. The van der Waals surface area contributed by atoms with Crippen LogP contribution in [0.3, 0.4) is 0 Å². The first-order chi connectivity index (χ1) is 7.66. The van der Waals surface area contributed by atoms with Gasteiger partial charge in [0.25, 0.3) is 0 Å². The van der Waals surface area contributed by atoms with Crippen LogP contribution in [0.15, 0.2) is 10.2 Å². The third kappa shape index (κ3) is 10.6. The Hall–Kier alpha value is -1.46. The summed E-state index contributed by atoms with van der Waals surface area (Å²) in [5, 5.41) is 13.6. The van der Waals surface area contributed by atoms with E-state index < -0.39 is 12.2 Å². The molecular formula is C10H18N2O4. The predicted molar refractivity (Wildman–Crippen MR) is 57.6 cm³/mol. The summed E-state index contributed by atoms with van der Waals surface area (Å²) in [4.78, 5) is 20.6. The lowest BCUT2D eigenvalue weighted by Gasteiger charge is -2.00. The molecule has 6 nitrogen and oxygen atoms in total. The van der Waals surface area contributed by atoms with Crippen LogP contribution < -0.4 is 0 Å². The van der Waals surface area contributed by atoms with Crippen molar-refractivity contribution in [1.29, 1.82) is 0 Å². The van der Waals surface area contributed by atoms with Gasteiger partial charge in [-0.15, -0.1) is 0 Å². The SMILES string of the molecule is CCCCCCCCOC(=O)N=NC(=O)O. The van der Waals surface area contributed by atoms with Gasteiger partial charge in [0.15, 0.2) is 0 Å². The molecule has 0 saturated heterocycles. The highest BCUT2D eigenvalue weighted by Crippen LogP contribution is 2.05. The van der Waals surface area contributed by atoms with E-state index in [1.807, 2.05) is 0 Å². The first-order valence-corrected chi connectivity index (χ1v) is 5.48. The molecular weight excluding hydrogens is 212 g/mol. The standard InChI is InChI=1S/C10H18N2O4/c1-2-3-4-5-6-7-8-16-10(15)12-11-9(13)14/h2-8H2,1H3,(H,13,14). The molecule has 0 rings (SSSR count). The number of amides is 2. The van der Waals surface area contributed by atoms with Gasteiger partial charge in [0.1, 0.15) is 0 Å². The van der Waals surface area contributed by atoms with E-state index in [9.17, 15) is 9.59 Å². The van der Waals surface area contributed by atoms with Crippen LogP contribution in [-0.4, -0.2) is 23.9 Å². The van der Waals surface area contributed by atoms with Gasteiger partial charge in [0.2, 0.25) is 0 Å². The van der Waals surface area contributed by atoms with Crippen LogP contribution in [0.1, 0.15) is 45.4 Å². The highest BCUT2D eigenvalue weighted by molar-refractivity contribution is 5.71. The molecule has 0 spiro atoms. The van der Waals surface area contributed by atoms with E-state index >= 15 is 0 Å². The van der Waals surface area contributed by atoms with E-state index in [-0.39, 0.29) is 6.61 Å². The van der Waals surface area contributed by atoms with E-state index in [0.717, 1.165) is 19.3 Å². The highest BCUT2D eigenvalue weighted by Gasteiger charge is 2.00. The number of azo groups is 1. The van der Waals surface area contributed by atoms with E-state index in [1.54, 1.807) is 0 Å². The average Bonchev–Trinajstić information content (AvgIpc) is 2.25. The van der Waals surface area contributed by atoms with Crippen molar-refractivity contribution < 1.29 is 19.4 Å². The van der Waals surface area contributed by atoms with Crippen LogP contribution in [0.5, 0.6) is 0 Å². The predicted octanol–water partition coefficient (Wildman–Crippen LogP) is 3.61. The molecule has 0 fully saturated rings. The van der Waals surface area contributed by atoms with Crippen molar-refractivity contribution in [3.63, 3.8) is 0 Å². The molecule has 0 atom stereocenters. The van der Waals surface area contributed by atoms with Gasteiger partial charge in [-0.1, -0.05) is 49.3 Å². The molecule has 1 N–H and O–H groups in total. The third-order valence-electron chi connectivity index (χ3n) is 1.94. The zero-order chi connectivity index (χ0) is 12.2. The van der Waals surface area contributed by atoms with Gasteiger partial charge in [0, 0.05) is 0 Å². The van der Waals surface area contributed by atoms with E-state index in [2.05, 4.69) is 21.9 Å². The summed E-state index contributed by atoms with van der Waals surface area (Å²) in [6.45, 7) is 2.42. The molecule has 16 heavy (non-hydrogen) atoms. The Labute approximate surface area is 94.7 Å². The fourth-order valence-electron chi connectivity index (χ4n) is 1.15. The fourth-order valence-corrected chi connectivity index (χ4v) is 1.15. The first kappa shape index (κ1) is 14.5. The van der Waals surface area contributed by atoms with Gasteiger partial charge in [-0.3, -0.25) is 0 Å². The Kier molecular flexibility index (Phi) is 9.15. The summed E-state index contributed by atoms with van der Waals surface area (Å²) in [5.41, 5.74) is 0. The number of unbranched alkanes of at least 4 members (excludes halogenated alkanes) is 5. The van der Waals surface area contributed by atoms with Gasteiger partial charge >= 0.3 is 12.2 Å². The summed E-state index contributed by atoms with van der Waals surface area (Å²) in [5.74, 6) is 0. The minimum absolute atomic E-state index is 0.267. The average molecular weight is 230 g/mol. The maximum atomic E-state index is 10.7. The van der Waals surface area contributed by atoms with Gasteiger partial charge in [-0.05, 0) is 6.42 Å². The summed E-state index contributed by atoms with van der Waals surface area (Å²) in [6, 6.07) is 0. The van der Waals surface area contributed by atoms with Crippen LogP contribution in [0.25, 0.3) is 0 Å². The van der Waals surface area contributed by atoms with Crippen LogP contribution >= 0.6 is 0 Å². The zero-order valence-electron chi connectivity index (χ0n) is 9.52. The second-order valence-electron chi connectivity index (χ2n) is 3.36. The lowest BCUT2D eigenvalue weighted by Crippen LogP contribution is -2.00. The zero-order valence-corrected chi connectivity index (χ0v) is 9.52. The van der Waals surface area contributed by atoms with Crippen LogP contribution in [-0.2, 0) is 4.74 Å². The normalized spacial score (nSPS) is 10.6. The lowest BCUT2D eigenvalue weighted by molar-refractivity contribution is 0.151. The molecule has 0 heterocycles. The quantitative estimate of drug-likeness (QED) is 0.534. The summed E-state index contributed by atoms with van der Waals surface area (Å²) < 4.78 is 4.64. The van der Waals surface area contributed by atoms with Gasteiger partial charge in [-0.2, -0.15) is 0 Å². The number of ether oxygens (including phenoxy) is 1. The molecule has 6 heteroatoms. The van der Waals surface area contributed by atoms with Gasteiger partial charge in [-0.25, -0.2) is 9.59 Å².